The van der Waals surface area contributed by atoms with Crippen molar-refractivity contribution in [3.8, 4) is 11.3 Å². The van der Waals surface area contributed by atoms with E-state index in [2.05, 4.69) is 0 Å². The van der Waals surface area contributed by atoms with Crippen LogP contribution in [0.2, 0.25) is 0 Å². The second-order valence-corrected chi connectivity index (χ2v) is 8.55. The van der Waals surface area contributed by atoms with E-state index in [1.165, 1.54) is 18.7 Å². The van der Waals surface area contributed by atoms with Crippen molar-refractivity contribution in [2.24, 2.45) is 0 Å². The van der Waals surface area contributed by atoms with Gasteiger partial charge in [0.05, 0.1) is 4.91 Å². The van der Waals surface area contributed by atoms with Gasteiger partial charge in [0, 0.05) is 30.2 Å². The van der Waals surface area contributed by atoms with E-state index in [9.17, 15) is 14.4 Å². The molecule has 0 unspecified atom stereocenters. The summed E-state index contributed by atoms with van der Waals surface area (Å²) in [5.74, 6) is 0.224. The summed E-state index contributed by atoms with van der Waals surface area (Å²) in [4.78, 5) is 36.7. The van der Waals surface area contributed by atoms with Crippen LogP contribution in [0.5, 0.6) is 0 Å². The molecule has 0 aliphatic carbocycles. The van der Waals surface area contributed by atoms with Gasteiger partial charge in [0.2, 0.25) is 0 Å². The first-order valence-electron chi connectivity index (χ1n) is 9.53. The van der Waals surface area contributed by atoms with Crippen molar-refractivity contribution in [3.63, 3.8) is 0 Å². The third-order valence-electron chi connectivity index (χ3n) is 4.62. The number of amides is 1. The van der Waals surface area contributed by atoms with Crippen LogP contribution in [0.15, 0.2) is 45.7 Å². The number of thiocarbonyl (C=S) groups is 1. The molecule has 2 heterocycles. The predicted molar refractivity (Wildman–Crippen MR) is 120 cm³/mol. The number of thioether (sulfide) groups is 1. The van der Waals surface area contributed by atoms with Gasteiger partial charge in [-0.3, -0.25) is 19.3 Å². The first-order valence-corrected chi connectivity index (χ1v) is 10.8. The highest BCUT2D eigenvalue weighted by Crippen LogP contribution is 2.34. The molecule has 1 amide bonds. The summed E-state index contributed by atoms with van der Waals surface area (Å²) in [5.41, 5.74) is 1.48. The second-order valence-electron chi connectivity index (χ2n) is 6.87. The van der Waals surface area contributed by atoms with Crippen molar-refractivity contribution in [2.75, 3.05) is 6.54 Å². The van der Waals surface area contributed by atoms with Crippen LogP contribution in [-0.4, -0.2) is 38.5 Å². The second kappa shape index (κ2) is 9.86. The first kappa shape index (κ1) is 22.0. The highest BCUT2D eigenvalue weighted by Gasteiger charge is 2.31. The number of hydrogen-bond donors (Lipinski definition) is 1. The topological polar surface area (TPSA) is 87.8 Å². The smallest absolute Gasteiger partial charge is 0.303 e. The lowest BCUT2D eigenvalue weighted by Crippen LogP contribution is -2.29. The molecular weight excluding hydrogens is 422 g/mol. The predicted octanol–water partition coefficient (Wildman–Crippen LogP) is 5.00. The Morgan fingerprint density at radius 2 is 1.87 bits per heavy atom. The molecule has 1 aromatic heterocycles. The summed E-state index contributed by atoms with van der Waals surface area (Å²) >= 11 is 6.55. The third-order valence-corrected chi connectivity index (χ3v) is 6.00. The van der Waals surface area contributed by atoms with E-state index in [1.54, 1.807) is 29.2 Å². The maximum Gasteiger partial charge on any atom is 0.303 e. The van der Waals surface area contributed by atoms with Crippen molar-refractivity contribution >= 4 is 52.0 Å². The average molecular weight is 444 g/mol. The number of rotatable bonds is 9. The van der Waals surface area contributed by atoms with Crippen LogP contribution in [0, 0.1) is 0 Å². The van der Waals surface area contributed by atoms with Gasteiger partial charge in [0.15, 0.2) is 5.78 Å². The van der Waals surface area contributed by atoms with Gasteiger partial charge in [-0.05, 0) is 31.9 Å². The fourth-order valence-electron chi connectivity index (χ4n) is 3.00. The van der Waals surface area contributed by atoms with Crippen molar-refractivity contribution in [1.82, 2.24) is 4.90 Å². The number of hydrogen-bond acceptors (Lipinski definition) is 6. The fourth-order valence-corrected chi connectivity index (χ4v) is 4.29. The van der Waals surface area contributed by atoms with Crippen LogP contribution in [-0.2, 0) is 9.59 Å². The van der Waals surface area contributed by atoms with E-state index in [0.717, 1.165) is 12.0 Å². The molecule has 156 valence electrons. The number of benzene rings is 1. The molecule has 1 fully saturated rings. The molecule has 3 rings (SSSR count). The van der Waals surface area contributed by atoms with E-state index in [0.29, 0.717) is 45.7 Å². The number of carboxylic acid groups (broad SMARTS) is 1. The highest BCUT2D eigenvalue weighted by atomic mass is 32.2. The standard InChI is InChI=1S/C22H21NO5S2/c1-14(24)15-6-8-16(9-7-15)18-11-10-17(28-18)13-19-21(27)23(22(29)30-19)12-4-2-3-5-20(25)26/h6-11,13H,2-5,12H2,1H3,(H,25,26). The van der Waals surface area contributed by atoms with E-state index in [4.69, 9.17) is 21.7 Å². The van der Waals surface area contributed by atoms with Crippen LogP contribution >= 0.6 is 24.0 Å². The molecule has 2 aromatic rings. The summed E-state index contributed by atoms with van der Waals surface area (Å²) < 4.78 is 6.34. The lowest BCUT2D eigenvalue weighted by Gasteiger charge is -2.13. The Balaban J connectivity index is 1.63. The van der Waals surface area contributed by atoms with Gasteiger partial charge in [-0.1, -0.05) is 54.7 Å². The van der Waals surface area contributed by atoms with Gasteiger partial charge in [0.1, 0.15) is 15.8 Å². The van der Waals surface area contributed by atoms with E-state index >= 15 is 0 Å². The molecule has 0 saturated carbocycles. The molecule has 1 N–H and O–H groups in total. The van der Waals surface area contributed by atoms with Crippen LogP contribution in [0.4, 0.5) is 0 Å². The Kier molecular flexibility index (Phi) is 7.23. The van der Waals surface area contributed by atoms with Crippen LogP contribution in [0.3, 0.4) is 0 Å². The highest BCUT2D eigenvalue weighted by molar-refractivity contribution is 8.26. The number of furan rings is 1. The molecule has 8 heteroatoms. The van der Waals surface area contributed by atoms with Crippen LogP contribution in [0.1, 0.15) is 48.7 Å². The SMILES string of the molecule is CC(=O)c1ccc(-c2ccc(C=C3SC(=S)N(CCCCCC(=O)O)C3=O)o2)cc1. The van der Waals surface area contributed by atoms with Gasteiger partial charge < -0.3 is 9.52 Å². The minimum Gasteiger partial charge on any atom is -0.481 e. The molecule has 0 atom stereocenters. The number of aliphatic carboxylic acids is 1. The van der Waals surface area contributed by atoms with Crippen molar-refractivity contribution in [3.05, 3.63) is 52.6 Å². The van der Waals surface area contributed by atoms with Crippen molar-refractivity contribution < 1.29 is 23.9 Å². The van der Waals surface area contributed by atoms with E-state index in [1.807, 2.05) is 18.2 Å². The zero-order valence-corrected chi connectivity index (χ0v) is 18.1. The largest absolute Gasteiger partial charge is 0.481 e. The zero-order chi connectivity index (χ0) is 21.7. The normalized spacial score (nSPS) is 15.2. The van der Waals surface area contributed by atoms with Crippen LogP contribution in [0.25, 0.3) is 17.4 Å². The van der Waals surface area contributed by atoms with Gasteiger partial charge in [0.25, 0.3) is 5.91 Å². The van der Waals surface area contributed by atoms with Gasteiger partial charge in [-0.15, -0.1) is 0 Å². The van der Waals surface area contributed by atoms with Gasteiger partial charge in [-0.2, -0.15) is 0 Å². The summed E-state index contributed by atoms with van der Waals surface area (Å²) in [6, 6.07) is 10.7. The van der Waals surface area contributed by atoms with E-state index < -0.39 is 5.97 Å². The maximum absolute atomic E-state index is 12.7. The Morgan fingerprint density at radius 3 is 2.53 bits per heavy atom. The zero-order valence-electron chi connectivity index (χ0n) is 16.4. The number of Topliss-reactive ketones (excluding diaryl/α,β-unsaturated/α-hetero) is 1. The number of nitrogens with zero attached hydrogens (tertiary/aromatic N) is 1. The lowest BCUT2D eigenvalue weighted by molar-refractivity contribution is -0.137. The molecule has 1 aliphatic heterocycles. The number of carbonyl (C=O) groups is 3. The Labute approximate surface area is 183 Å². The van der Waals surface area contributed by atoms with Gasteiger partial charge >= 0.3 is 5.97 Å². The summed E-state index contributed by atoms with van der Waals surface area (Å²) in [6.45, 7) is 2.00. The number of carboxylic acids is 1. The van der Waals surface area contributed by atoms with Crippen molar-refractivity contribution in [2.45, 2.75) is 32.6 Å². The van der Waals surface area contributed by atoms with E-state index in [-0.39, 0.29) is 18.1 Å². The quantitative estimate of drug-likeness (QED) is 0.253. The molecule has 0 spiro atoms. The average Bonchev–Trinajstić information content (AvgIpc) is 3.27. The van der Waals surface area contributed by atoms with Crippen LogP contribution < -0.4 is 0 Å². The monoisotopic (exact) mass is 443 g/mol. The molecule has 1 aromatic carbocycles. The third kappa shape index (κ3) is 5.46. The number of carbonyl (C=O) groups excluding carboxylic acids is 2. The molecule has 30 heavy (non-hydrogen) atoms. The maximum atomic E-state index is 12.7. The Bertz CT molecular complexity index is 1010. The molecule has 0 radical (unpaired) electrons. The molecular formula is C22H21NO5S2. The van der Waals surface area contributed by atoms with Crippen molar-refractivity contribution in [1.29, 1.82) is 0 Å². The molecule has 0 bridgehead atoms. The first-order chi connectivity index (χ1) is 14.3. The number of ketones is 1. The Hall–Kier alpha value is -2.71. The summed E-state index contributed by atoms with van der Waals surface area (Å²) in [6.07, 6.45) is 3.83. The Morgan fingerprint density at radius 1 is 1.13 bits per heavy atom. The summed E-state index contributed by atoms with van der Waals surface area (Å²) in [5, 5.41) is 8.67. The fraction of sp³-hybridized carbons (Fsp3) is 0.273. The lowest BCUT2D eigenvalue weighted by atomic mass is 10.1. The minimum atomic E-state index is -0.809. The van der Waals surface area contributed by atoms with Gasteiger partial charge in [-0.25, -0.2) is 0 Å². The minimum absolute atomic E-state index is 0.00518. The molecule has 1 aliphatic rings. The molecule has 6 nitrogen and oxygen atoms in total. The summed E-state index contributed by atoms with van der Waals surface area (Å²) in [7, 11) is 0. The molecule has 1 saturated heterocycles. The number of unbranched alkanes of at least 4 members (excludes halogenated alkanes) is 2.